The Kier molecular flexibility index (Phi) is 6.04. The van der Waals surface area contributed by atoms with Crippen LogP contribution in [-0.2, 0) is 4.74 Å². The Bertz CT molecular complexity index is 511. The fourth-order valence-corrected chi connectivity index (χ4v) is 2.33. The predicted molar refractivity (Wildman–Crippen MR) is 80.9 cm³/mol. The van der Waals surface area contributed by atoms with Crippen LogP contribution in [0, 0.1) is 0 Å². The molecule has 0 saturated heterocycles. The average molecular weight is 357 g/mol. The zero-order valence-electron chi connectivity index (χ0n) is 12.0. The van der Waals surface area contributed by atoms with Gasteiger partial charge in [-0.15, -0.1) is 0 Å². The van der Waals surface area contributed by atoms with Crippen LogP contribution in [0.5, 0.6) is 0 Å². The van der Waals surface area contributed by atoms with Gasteiger partial charge in [-0.3, -0.25) is 0 Å². The molecule has 1 rings (SSSR count). The normalized spacial score (nSPS) is 13.0. The van der Waals surface area contributed by atoms with E-state index in [-0.39, 0.29) is 27.7 Å². The molecule has 1 N–H and O–H groups in total. The third kappa shape index (κ3) is 5.47. The first-order valence-corrected chi connectivity index (χ1v) is 7.15. The molecular weight excluding hydrogens is 341 g/mol. The van der Waals surface area contributed by atoms with Crippen molar-refractivity contribution in [2.45, 2.75) is 32.5 Å². The van der Waals surface area contributed by atoms with Crippen LogP contribution in [0.2, 0.25) is 15.6 Å². The summed E-state index contributed by atoms with van der Waals surface area (Å²) >= 11 is 17.4. The van der Waals surface area contributed by atoms with E-state index in [4.69, 9.17) is 39.5 Å². The first-order chi connectivity index (χ1) is 9.51. The summed E-state index contributed by atoms with van der Waals surface area (Å²) in [4.78, 5) is 20.4. The van der Waals surface area contributed by atoms with Gasteiger partial charge in [-0.2, -0.15) is 0 Å². The van der Waals surface area contributed by atoms with Crippen LogP contribution in [0.1, 0.15) is 32.4 Å². The summed E-state index contributed by atoms with van der Waals surface area (Å²) in [7, 11) is 1.48. The lowest BCUT2D eigenvalue weighted by Gasteiger charge is -2.26. The molecule has 9 heteroatoms. The SMILES string of the molecule is CN(CC(O)c1c(Cl)nc(Cl)nc1Cl)C(=O)OC(C)(C)C. The monoisotopic (exact) mass is 355 g/mol. The van der Waals surface area contributed by atoms with Crippen LogP contribution in [0.15, 0.2) is 0 Å². The number of amides is 1. The minimum atomic E-state index is -1.17. The van der Waals surface area contributed by atoms with Gasteiger partial charge in [-0.25, -0.2) is 14.8 Å². The van der Waals surface area contributed by atoms with Crippen molar-refractivity contribution in [2.24, 2.45) is 0 Å². The van der Waals surface area contributed by atoms with E-state index in [0.717, 1.165) is 0 Å². The van der Waals surface area contributed by atoms with Crippen molar-refractivity contribution in [3.05, 3.63) is 21.2 Å². The number of aliphatic hydroxyl groups excluding tert-OH is 1. The lowest BCUT2D eigenvalue weighted by molar-refractivity contribution is 0.0204. The molecule has 1 heterocycles. The Morgan fingerprint density at radius 3 is 2.19 bits per heavy atom. The summed E-state index contributed by atoms with van der Waals surface area (Å²) in [5.74, 6) is 0. The summed E-state index contributed by atoms with van der Waals surface area (Å²) in [6, 6.07) is 0. The second kappa shape index (κ2) is 6.96. The summed E-state index contributed by atoms with van der Waals surface area (Å²) in [6.45, 7) is 5.15. The second-order valence-corrected chi connectivity index (χ2v) is 6.42. The molecule has 0 aliphatic rings. The zero-order chi connectivity index (χ0) is 16.4. The Morgan fingerprint density at radius 2 is 1.76 bits per heavy atom. The number of halogens is 3. The quantitative estimate of drug-likeness (QED) is 0.664. The minimum Gasteiger partial charge on any atom is -0.444 e. The van der Waals surface area contributed by atoms with Crippen LogP contribution >= 0.6 is 34.8 Å². The van der Waals surface area contributed by atoms with E-state index in [2.05, 4.69) is 9.97 Å². The first kappa shape index (κ1) is 18.2. The summed E-state index contributed by atoms with van der Waals surface area (Å²) in [6.07, 6.45) is -1.75. The zero-order valence-corrected chi connectivity index (χ0v) is 14.3. The number of rotatable bonds is 3. The predicted octanol–water partition coefficient (Wildman–Crippen LogP) is 3.34. The van der Waals surface area contributed by atoms with Gasteiger partial charge in [0.2, 0.25) is 5.28 Å². The molecule has 1 aromatic heterocycles. The maximum atomic E-state index is 11.8. The van der Waals surface area contributed by atoms with Gasteiger partial charge in [0, 0.05) is 7.05 Å². The maximum absolute atomic E-state index is 11.8. The molecule has 0 aliphatic carbocycles. The van der Waals surface area contributed by atoms with Gasteiger partial charge in [-0.05, 0) is 32.4 Å². The van der Waals surface area contributed by atoms with E-state index in [1.54, 1.807) is 20.8 Å². The Balaban J connectivity index is 2.82. The van der Waals surface area contributed by atoms with Gasteiger partial charge >= 0.3 is 6.09 Å². The van der Waals surface area contributed by atoms with Crippen LogP contribution in [0.4, 0.5) is 4.79 Å². The molecule has 21 heavy (non-hydrogen) atoms. The lowest BCUT2D eigenvalue weighted by Crippen LogP contribution is -2.36. The first-order valence-electron chi connectivity index (χ1n) is 6.02. The van der Waals surface area contributed by atoms with Crippen molar-refractivity contribution >= 4 is 40.9 Å². The fraction of sp³-hybridized carbons (Fsp3) is 0.583. The Hall–Kier alpha value is -0.820. The molecular formula is C12H16Cl3N3O3. The highest BCUT2D eigenvalue weighted by molar-refractivity contribution is 6.36. The molecule has 1 unspecified atom stereocenters. The molecule has 6 nitrogen and oxygen atoms in total. The van der Waals surface area contributed by atoms with Gasteiger partial charge in [0.05, 0.1) is 12.1 Å². The van der Waals surface area contributed by atoms with Crippen molar-refractivity contribution < 1.29 is 14.6 Å². The van der Waals surface area contributed by atoms with Gasteiger partial charge in [0.15, 0.2) is 0 Å². The number of carbonyl (C=O) groups is 1. The van der Waals surface area contributed by atoms with Crippen LogP contribution in [-0.4, -0.2) is 45.3 Å². The Labute approximate surface area is 138 Å². The van der Waals surface area contributed by atoms with Crippen molar-refractivity contribution in [3.8, 4) is 0 Å². The van der Waals surface area contributed by atoms with Crippen LogP contribution < -0.4 is 0 Å². The molecule has 1 aromatic rings. The molecule has 1 amide bonds. The largest absolute Gasteiger partial charge is 0.444 e. The summed E-state index contributed by atoms with van der Waals surface area (Å²) < 4.78 is 5.17. The average Bonchev–Trinajstić information content (AvgIpc) is 2.24. The lowest BCUT2D eigenvalue weighted by atomic mass is 10.2. The van der Waals surface area contributed by atoms with Gasteiger partial charge in [-0.1, -0.05) is 23.2 Å². The second-order valence-electron chi connectivity index (χ2n) is 5.36. The third-order valence-corrected chi connectivity index (χ3v) is 3.06. The van der Waals surface area contributed by atoms with Gasteiger partial charge in [0.1, 0.15) is 22.0 Å². The number of hydrogen-bond acceptors (Lipinski definition) is 5. The van der Waals surface area contributed by atoms with Crippen molar-refractivity contribution in [3.63, 3.8) is 0 Å². The number of aliphatic hydroxyl groups is 1. The Morgan fingerprint density at radius 1 is 1.29 bits per heavy atom. The number of ether oxygens (including phenoxy) is 1. The minimum absolute atomic E-state index is 0.0647. The molecule has 0 spiro atoms. The van der Waals surface area contributed by atoms with Gasteiger partial charge in [0.25, 0.3) is 0 Å². The third-order valence-electron chi connectivity index (χ3n) is 2.31. The van der Waals surface area contributed by atoms with E-state index in [9.17, 15) is 9.90 Å². The highest BCUT2D eigenvalue weighted by atomic mass is 35.5. The number of hydrogen-bond donors (Lipinski definition) is 1. The standard InChI is InChI=1S/C12H16Cl3N3O3/c1-12(2,3)21-11(20)18(4)5-6(19)7-8(13)16-10(15)17-9(7)14/h6,19H,5H2,1-4H3. The van der Waals surface area contributed by atoms with Crippen molar-refractivity contribution in [2.75, 3.05) is 13.6 Å². The van der Waals surface area contributed by atoms with Crippen LogP contribution in [0.3, 0.4) is 0 Å². The number of nitrogens with zero attached hydrogens (tertiary/aromatic N) is 3. The van der Waals surface area contributed by atoms with Crippen molar-refractivity contribution in [1.82, 2.24) is 14.9 Å². The molecule has 0 radical (unpaired) electrons. The molecule has 0 bridgehead atoms. The number of aromatic nitrogens is 2. The number of likely N-dealkylation sites (N-methyl/N-ethyl adjacent to an activating group) is 1. The van der Waals surface area contributed by atoms with E-state index >= 15 is 0 Å². The molecule has 1 atom stereocenters. The molecule has 0 fully saturated rings. The topological polar surface area (TPSA) is 75.5 Å². The van der Waals surface area contributed by atoms with E-state index < -0.39 is 17.8 Å². The van der Waals surface area contributed by atoms with E-state index in [1.807, 2.05) is 0 Å². The molecule has 0 aromatic carbocycles. The molecule has 0 aliphatic heterocycles. The highest BCUT2D eigenvalue weighted by Crippen LogP contribution is 2.29. The number of carbonyl (C=O) groups excluding carboxylic acids is 1. The van der Waals surface area contributed by atoms with E-state index in [0.29, 0.717) is 0 Å². The summed E-state index contributed by atoms with van der Waals surface area (Å²) in [5.41, 5.74) is -0.521. The highest BCUT2D eigenvalue weighted by Gasteiger charge is 2.25. The van der Waals surface area contributed by atoms with Crippen LogP contribution in [0.25, 0.3) is 0 Å². The molecule has 118 valence electrons. The maximum Gasteiger partial charge on any atom is 0.410 e. The van der Waals surface area contributed by atoms with E-state index in [1.165, 1.54) is 11.9 Å². The smallest absolute Gasteiger partial charge is 0.410 e. The summed E-state index contributed by atoms with van der Waals surface area (Å²) in [5, 5.41) is 9.90. The van der Waals surface area contributed by atoms with Crippen molar-refractivity contribution in [1.29, 1.82) is 0 Å². The van der Waals surface area contributed by atoms with Gasteiger partial charge < -0.3 is 14.7 Å². The molecule has 0 saturated carbocycles. The fourth-order valence-electron chi connectivity index (χ4n) is 1.43.